The summed E-state index contributed by atoms with van der Waals surface area (Å²) in [4.78, 5) is 30.6. The molecule has 0 aliphatic rings. The molecule has 0 aliphatic carbocycles. The predicted molar refractivity (Wildman–Crippen MR) is 130 cm³/mol. The van der Waals surface area contributed by atoms with Gasteiger partial charge in [0.25, 0.3) is 0 Å². The third-order valence-electron chi connectivity index (χ3n) is 5.36. The third-order valence-corrected chi connectivity index (χ3v) is 5.36. The maximum Gasteiger partial charge on any atom is 0.249 e. The Kier molecular flexibility index (Phi) is 5.51. The smallest absolute Gasteiger partial charge is 0.249 e. The average Bonchev–Trinajstić information content (AvgIpc) is 3.21. The van der Waals surface area contributed by atoms with Crippen molar-refractivity contribution in [2.24, 2.45) is 0 Å². The molecule has 0 unspecified atom stereocenters. The van der Waals surface area contributed by atoms with Gasteiger partial charge in [-0.1, -0.05) is 12.1 Å². The number of hydrogen-bond acceptors (Lipinski definition) is 7. The normalized spacial score (nSPS) is 11.0. The monoisotopic (exact) mass is 453 g/mol. The summed E-state index contributed by atoms with van der Waals surface area (Å²) < 4.78 is 1.93. The van der Waals surface area contributed by atoms with E-state index in [4.69, 9.17) is 4.84 Å². The van der Waals surface area contributed by atoms with E-state index in [1.807, 2.05) is 73.3 Å². The highest BCUT2D eigenvalue weighted by Gasteiger charge is 2.16. The van der Waals surface area contributed by atoms with Gasteiger partial charge in [0, 0.05) is 24.2 Å². The van der Waals surface area contributed by atoms with E-state index < -0.39 is 0 Å². The summed E-state index contributed by atoms with van der Waals surface area (Å²) >= 11 is 0. The third kappa shape index (κ3) is 4.23. The van der Waals surface area contributed by atoms with Crippen molar-refractivity contribution in [3.63, 3.8) is 0 Å². The molecule has 0 fully saturated rings. The minimum absolute atomic E-state index is 0.299. The van der Waals surface area contributed by atoms with E-state index in [2.05, 4.69) is 30.8 Å². The number of nitrogens with one attached hydrogen (secondary N) is 2. The number of aromatic nitrogens is 5. The fourth-order valence-corrected chi connectivity index (χ4v) is 3.83. The summed E-state index contributed by atoms with van der Waals surface area (Å²) in [5.41, 5.74) is 6.77. The van der Waals surface area contributed by atoms with Crippen molar-refractivity contribution in [3.8, 4) is 5.75 Å². The SMILES string of the molecule is CC(=O)NOc1c(C)ccc2nc(C)nc(Nc3ccc4c(cnn4Cc4ccccn4)c3)c12. The molecular formula is C25H23N7O2. The number of pyridine rings is 1. The number of anilines is 2. The van der Waals surface area contributed by atoms with Crippen LogP contribution in [0.15, 0.2) is 60.9 Å². The molecule has 5 aromatic rings. The number of nitrogens with zero attached hydrogens (tertiary/aromatic N) is 5. The van der Waals surface area contributed by atoms with E-state index in [-0.39, 0.29) is 5.91 Å². The summed E-state index contributed by atoms with van der Waals surface area (Å²) in [5, 5.41) is 9.61. The summed E-state index contributed by atoms with van der Waals surface area (Å²) in [5.74, 6) is 1.41. The zero-order chi connectivity index (χ0) is 23.7. The van der Waals surface area contributed by atoms with Crippen molar-refractivity contribution in [3.05, 3.63) is 78.0 Å². The van der Waals surface area contributed by atoms with E-state index in [0.29, 0.717) is 34.8 Å². The Morgan fingerprint density at radius 3 is 2.76 bits per heavy atom. The van der Waals surface area contributed by atoms with Crippen molar-refractivity contribution < 1.29 is 9.63 Å². The van der Waals surface area contributed by atoms with E-state index in [9.17, 15) is 4.79 Å². The van der Waals surface area contributed by atoms with Crippen LogP contribution in [0.25, 0.3) is 21.8 Å². The predicted octanol–water partition coefficient (Wildman–Crippen LogP) is 4.21. The van der Waals surface area contributed by atoms with Gasteiger partial charge in [0.05, 0.1) is 34.9 Å². The van der Waals surface area contributed by atoms with Gasteiger partial charge in [-0.25, -0.2) is 9.97 Å². The van der Waals surface area contributed by atoms with E-state index >= 15 is 0 Å². The Balaban J connectivity index is 1.51. The Hall–Kier alpha value is -4.53. The topological polar surface area (TPSA) is 107 Å². The van der Waals surface area contributed by atoms with Crippen molar-refractivity contribution in [1.29, 1.82) is 0 Å². The van der Waals surface area contributed by atoms with Crippen LogP contribution in [0.5, 0.6) is 5.75 Å². The fraction of sp³-hybridized carbons (Fsp3) is 0.160. The lowest BCUT2D eigenvalue weighted by Crippen LogP contribution is -2.24. The van der Waals surface area contributed by atoms with Gasteiger partial charge in [-0.05, 0) is 55.8 Å². The maximum atomic E-state index is 11.4. The van der Waals surface area contributed by atoms with Crippen LogP contribution in [0.1, 0.15) is 24.0 Å². The molecule has 0 atom stereocenters. The first-order chi connectivity index (χ1) is 16.5. The van der Waals surface area contributed by atoms with Crippen LogP contribution < -0.4 is 15.6 Å². The minimum atomic E-state index is -0.299. The van der Waals surface area contributed by atoms with Gasteiger partial charge in [-0.2, -0.15) is 10.6 Å². The van der Waals surface area contributed by atoms with E-state index in [1.165, 1.54) is 6.92 Å². The Morgan fingerprint density at radius 2 is 1.97 bits per heavy atom. The van der Waals surface area contributed by atoms with Crippen LogP contribution in [0, 0.1) is 13.8 Å². The van der Waals surface area contributed by atoms with E-state index in [1.54, 1.807) is 6.20 Å². The first kappa shape index (κ1) is 21.3. The molecule has 170 valence electrons. The number of benzene rings is 2. The van der Waals surface area contributed by atoms with Crippen LogP contribution in [0.3, 0.4) is 0 Å². The molecule has 0 radical (unpaired) electrons. The second-order valence-corrected chi connectivity index (χ2v) is 8.01. The number of rotatable bonds is 6. The van der Waals surface area contributed by atoms with Crippen LogP contribution >= 0.6 is 0 Å². The van der Waals surface area contributed by atoms with Gasteiger partial charge in [0.2, 0.25) is 5.91 Å². The summed E-state index contributed by atoms with van der Waals surface area (Å²) in [7, 11) is 0. The largest absolute Gasteiger partial charge is 0.378 e. The van der Waals surface area contributed by atoms with Crippen LogP contribution in [-0.2, 0) is 11.3 Å². The first-order valence-electron chi connectivity index (χ1n) is 10.8. The molecule has 9 nitrogen and oxygen atoms in total. The molecule has 0 saturated carbocycles. The number of carbonyl (C=O) groups is 1. The zero-order valence-corrected chi connectivity index (χ0v) is 19.0. The average molecular weight is 454 g/mol. The molecule has 34 heavy (non-hydrogen) atoms. The molecule has 0 saturated heterocycles. The number of carbonyl (C=O) groups excluding carboxylic acids is 1. The van der Waals surface area contributed by atoms with Gasteiger partial charge >= 0.3 is 0 Å². The summed E-state index contributed by atoms with van der Waals surface area (Å²) in [6.45, 7) is 5.73. The highest BCUT2D eigenvalue weighted by atomic mass is 16.7. The Labute approximate surface area is 195 Å². The lowest BCUT2D eigenvalue weighted by atomic mass is 10.1. The highest BCUT2D eigenvalue weighted by molar-refractivity contribution is 5.97. The summed E-state index contributed by atoms with van der Waals surface area (Å²) in [6, 6.07) is 15.7. The lowest BCUT2D eigenvalue weighted by Gasteiger charge is -2.15. The molecule has 9 heteroatoms. The standard InChI is InChI=1S/C25H23N7O2/c1-15-7-9-21-23(24(15)34-31-17(3)33)25(29-16(2)28-21)30-19-8-10-22-18(12-19)13-27-32(22)14-20-6-4-5-11-26-20/h4-13H,14H2,1-3H3,(H,31,33)(H,28,29,30). The van der Waals surface area contributed by atoms with Crippen molar-refractivity contribution in [2.75, 3.05) is 5.32 Å². The Morgan fingerprint density at radius 1 is 1.09 bits per heavy atom. The van der Waals surface area contributed by atoms with E-state index in [0.717, 1.165) is 27.8 Å². The molecule has 3 heterocycles. The van der Waals surface area contributed by atoms with Crippen molar-refractivity contribution in [1.82, 2.24) is 30.2 Å². The van der Waals surface area contributed by atoms with Crippen molar-refractivity contribution in [2.45, 2.75) is 27.3 Å². The van der Waals surface area contributed by atoms with Crippen molar-refractivity contribution >= 4 is 39.2 Å². The second-order valence-electron chi connectivity index (χ2n) is 8.01. The zero-order valence-electron chi connectivity index (χ0n) is 19.0. The first-order valence-corrected chi connectivity index (χ1v) is 10.8. The van der Waals surface area contributed by atoms with Crippen LogP contribution in [-0.4, -0.2) is 30.6 Å². The molecular weight excluding hydrogens is 430 g/mol. The molecule has 2 N–H and O–H groups in total. The van der Waals surface area contributed by atoms with Gasteiger partial charge in [0.1, 0.15) is 11.6 Å². The number of hydroxylamine groups is 1. The molecule has 5 rings (SSSR count). The molecule has 0 spiro atoms. The number of amides is 1. The molecule has 0 bridgehead atoms. The number of fused-ring (bicyclic) bond motifs is 2. The highest BCUT2D eigenvalue weighted by Crippen LogP contribution is 2.35. The molecule has 1 amide bonds. The number of hydrogen-bond donors (Lipinski definition) is 2. The second kappa shape index (κ2) is 8.78. The minimum Gasteiger partial charge on any atom is -0.378 e. The number of aryl methyl sites for hydroxylation is 2. The molecule has 2 aromatic carbocycles. The van der Waals surface area contributed by atoms with Gasteiger partial charge in [0.15, 0.2) is 5.75 Å². The Bertz CT molecular complexity index is 1510. The van der Waals surface area contributed by atoms with Gasteiger partial charge in [-0.3, -0.25) is 14.5 Å². The lowest BCUT2D eigenvalue weighted by molar-refractivity contribution is -0.125. The molecule has 0 aliphatic heterocycles. The van der Waals surface area contributed by atoms with Gasteiger partial charge < -0.3 is 10.2 Å². The van der Waals surface area contributed by atoms with Crippen LogP contribution in [0.2, 0.25) is 0 Å². The van der Waals surface area contributed by atoms with Crippen LogP contribution in [0.4, 0.5) is 11.5 Å². The fourth-order valence-electron chi connectivity index (χ4n) is 3.83. The summed E-state index contributed by atoms with van der Waals surface area (Å²) in [6.07, 6.45) is 3.62. The maximum absolute atomic E-state index is 11.4. The van der Waals surface area contributed by atoms with Gasteiger partial charge in [-0.15, -0.1) is 0 Å². The molecule has 3 aromatic heterocycles. The quantitative estimate of drug-likeness (QED) is 0.371.